The standard InChI is InChI=1S/CH6ClO4P/c2-7(4,5,6)1-3/h3-6H,1H2. The number of aliphatic hydroxyl groups excluding tert-OH is 1. The van der Waals surface area contributed by atoms with Gasteiger partial charge in [-0.25, -0.2) is 0 Å². The van der Waals surface area contributed by atoms with Gasteiger partial charge in [-0.2, -0.15) is 0 Å². The molecule has 0 aliphatic heterocycles. The molecule has 0 aromatic heterocycles. The van der Waals surface area contributed by atoms with Crippen LogP contribution in [0.4, 0.5) is 0 Å². The molecule has 0 aliphatic carbocycles. The molecule has 0 amide bonds. The third kappa shape index (κ3) is 6.56. The van der Waals surface area contributed by atoms with E-state index in [0.29, 0.717) is 0 Å². The second kappa shape index (κ2) is 1.52. The molecule has 0 aromatic carbocycles. The SMILES string of the molecule is OCP(O)(O)(O)Cl. The van der Waals surface area contributed by atoms with Crippen LogP contribution < -0.4 is 0 Å². The summed E-state index contributed by atoms with van der Waals surface area (Å²) in [6.07, 6.45) is -1.20. The molecule has 0 fully saturated rings. The zero-order valence-electron chi connectivity index (χ0n) is 3.32. The molecule has 7 heavy (non-hydrogen) atoms. The normalized spacial score (nSPS) is 18.1. The van der Waals surface area contributed by atoms with Crippen LogP contribution in [0.1, 0.15) is 0 Å². The number of halogens is 1. The summed E-state index contributed by atoms with van der Waals surface area (Å²) in [6.45, 7) is -5.05. The molecular formula is CH6ClO4P. The van der Waals surface area contributed by atoms with E-state index >= 15 is 0 Å². The molecule has 6 heteroatoms. The average molecular weight is 148 g/mol. The first kappa shape index (κ1) is 7.56. The van der Waals surface area contributed by atoms with Gasteiger partial charge >= 0.3 is 44.0 Å². The number of hydrogen-bond donors (Lipinski definition) is 4. The summed E-state index contributed by atoms with van der Waals surface area (Å²) in [5, 5.41) is 7.84. The van der Waals surface area contributed by atoms with Crippen LogP contribution in [0.3, 0.4) is 0 Å². The van der Waals surface area contributed by atoms with Crippen LogP contribution in [0.5, 0.6) is 0 Å². The first-order valence-corrected chi connectivity index (χ1v) is 4.59. The van der Waals surface area contributed by atoms with Crippen molar-refractivity contribution in [1.82, 2.24) is 0 Å². The summed E-state index contributed by atoms with van der Waals surface area (Å²) >= 11 is 4.52. The molecule has 46 valence electrons. The number of aliphatic hydroxyl groups is 1. The van der Waals surface area contributed by atoms with E-state index < -0.39 is 13.0 Å². The molecule has 0 saturated heterocycles. The van der Waals surface area contributed by atoms with Gasteiger partial charge in [0.25, 0.3) is 0 Å². The van der Waals surface area contributed by atoms with Gasteiger partial charge in [0.1, 0.15) is 0 Å². The van der Waals surface area contributed by atoms with Crippen molar-refractivity contribution in [3.63, 3.8) is 0 Å². The van der Waals surface area contributed by atoms with Gasteiger partial charge in [-0.15, -0.1) is 0 Å². The van der Waals surface area contributed by atoms with E-state index in [1.807, 2.05) is 0 Å². The summed E-state index contributed by atoms with van der Waals surface area (Å²) in [5.74, 6) is 0. The molecular weight excluding hydrogens is 142 g/mol. The summed E-state index contributed by atoms with van der Waals surface area (Å²) in [6, 6.07) is 0. The van der Waals surface area contributed by atoms with E-state index in [1.165, 1.54) is 0 Å². The van der Waals surface area contributed by atoms with Gasteiger partial charge in [0.2, 0.25) is 0 Å². The molecule has 4 nitrogen and oxygen atoms in total. The molecule has 4 N–H and O–H groups in total. The van der Waals surface area contributed by atoms with Crippen LogP contribution in [0.25, 0.3) is 0 Å². The summed E-state index contributed by atoms with van der Waals surface area (Å²) in [7, 11) is 0. The molecule has 0 atom stereocenters. The van der Waals surface area contributed by atoms with Gasteiger partial charge in [0.05, 0.1) is 0 Å². The third-order valence-electron chi connectivity index (χ3n) is 0.243. The van der Waals surface area contributed by atoms with Crippen LogP contribution >= 0.6 is 17.9 Å². The maximum atomic E-state index is 8.05. The zero-order valence-corrected chi connectivity index (χ0v) is 4.97. The minimum absolute atomic E-state index is 1.20. The van der Waals surface area contributed by atoms with Crippen molar-refractivity contribution in [2.24, 2.45) is 0 Å². The third-order valence-corrected chi connectivity index (χ3v) is 1.05. The van der Waals surface area contributed by atoms with Gasteiger partial charge in [-0.1, -0.05) is 0 Å². The Bertz CT molecular complexity index is 64.2. The van der Waals surface area contributed by atoms with Crippen LogP contribution in [-0.2, 0) is 0 Å². The topological polar surface area (TPSA) is 80.9 Å². The molecule has 0 radical (unpaired) electrons. The van der Waals surface area contributed by atoms with E-state index in [-0.39, 0.29) is 0 Å². The summed E-state index contributed by atoms with van der Waals surface area (Å²) < 4.78 is 0. The first-order chi connectivity index (χ1) is 2.81. The van der Waals surface area contributed by atoms with E-state index in [2.05, 4.69) is 11.2 Å². The fraction of sp³-hybridized carbons (Fsp3) is 1.00. The van der Waals surface area contributed by atoms with Crippen molar-refractivity contribution in [3.8, 4) is 0 Å². The molecule has 0 saturated carbocycles. The van der Waals surface area contributed by atoms with E-state index in [0.717, 1.165) is 0 Å². The molecule has 0 aliphatic rings. The maximum absolute atomic E-state index is 8.05. The molecule has 0 spiro atoms. The number of rotatable bonds is 1. The van der Waals surface area contributed by atoms with Crippen molar-refractivity contribution in [2.75, 3.05) is 6.35 Å². The van der Waals surface area contributed by atoms with Crippen LogP contribution in [0.2, 0.25) is 0 Å². The van der Waals surface area contributed by atoms with E-state index in [1.54, 1.807) is 0 Å². The second-order valence-electron chi connectivity index (χ2n) is 1.18. The van der Waals surface area contributed by atoms with E-state index in [9.17, 15) is 0 Å². The molecule has 0 rings (SSSR count). The van der Waals surface area contributed by atoms with Gasteiger partial charge in [-0.05, 0) is 0 Å². The number of hydrogen-bond acceptors (Lipinski definition) is 4. The summed E-state index contributed by atoms with van der Waals surface area (Å²) in [4.78, 5) is 24.1. The monoisotopic (exact) mass is 148 g/mol. The Balaban J connectivity index is 3.83. The molecule has 0 bridgehead atoms. The first-order valence-electron chi connectivity index (χ1n) is 1.40. The fourth-order valence-corrected chi connectivity index (χ4v) is 0. The fourth-order valence-electron chi connectivity index (χ4n) is 0. The predicted molar refractivity (Wildman–Crippen MR) is 26.5 cm³/mol. The van der Waals surface area contributed by atoms with Gasteiger partial charge in [0.15, 0.2) is 0 Å². The molecule has 0 aromatic rings. The van der Waals surface area contributed by atoms with Crippen LogP contribution in [0, 0.1) is 0 Å². The Labute approximate surface area is 44.9 Å². The van der Waals surface area contributed by atoms with Crippen molar-refractivity contribution in [3.05, 3.63) is 0 Å². The van der Waals surface area contributed by atoms with E-state index in [4.69, 9.17) is 19.8 Å². The predicted octanol–water partition coefficient (Wildman–Crippen LogP) is -0.635. The average Bonchev–Trinajstić information content (AvgIpc) is 1.32. The Hall–Kier alpha value is 0.560. The van der Waals surface area contributed by atoms with Crippen molar-refractivity contribution < 1.29 is 19.8 Å². The van der Waals surface area contributed by atoms with Crippen molar-refractivity contribution in [1.29, 1.82) is 0 Å². The zero-order chi connectivity index (χ0) is 6.15. The summed E-state index contributed by atoms with van der Waals surface area (Å²) in [5.41, 5.74) is 0. The van der Waals surface area contributed by atoms with Gasteiger partial charge in [0, 0.05) is 0 Å². The molecule has 0 heterocycles. The van der Waals surface area contributed by atoms with Crippen molar-refractivity contribution >= 4 is 17.9 Å². The quantitative estimate of drug-likeness (QED) is 0.373. The Morgan fingerprint density at radius 3 is 1.43 bits per heavy atom. The molecule has 0 unspecified atom stereocenters. The Morgan fingerprint density at radius 2 is 1.43 bits per heavy atom. The van der Waals surface area contributed by atoms with Gasteiger partial charge in [-0.3, -0.25) is 0 Å². The second-order valence-corrected chi connectivity index (χ2v) is 5.62. The van der Waals surface area contributed by atoms with Gasteiger partial charge < -0.3 is 0 Å². The van der Waals surface area contributed by atoms with Crippen LogP contribution in [-0.4, -0.2) is 26.1 Å². The van der Waals surface area contributed by atoms with Crippen LogP contribution in [0.15, 0.2) is 0 Å². The minimum atomic E-state index is -5.05. The Kier molecular flexibility index (Phi) is 1.64. The Morgan fingerprint density at radius 1 is 1.29 bits per heavy atom. The van der Waals surface area contributed by atoms with Crippen molar-refractivity contribution in [2.45, 2.75) is 0 Å².